The minimum absolute atomic E-state index is 0.632. The molecule has 0 spiro atoms. The molecule has 12 heteroatoms. The number of hydrogen-bond acceptors (Lipinski definition) is 12. The van der Waals surface area contributed by atoms with Crippen LogP contribution in [0.25, 0.3) is 234 Å². The summed E-state index contributed by atoms with van der Waals surface area (Å²) in [6.07, 6.45) is 5.65. The van der Waals surface area contributed by atoms with Gasteiger partial charge in [0.1, 0.15) is 0 Å². The standard InChI is InChI=1S/3C40H26N4/c1-3-10-27(11-4-1)28-19-21-31(22-20-28)39-42-38(30-12-5-2-6-13-30)43-40(44-39)33-15-7-14-32(26-33)34-17-8-18-36-35(34)24-23-29-16-9-25-41-37(29)36;1-3-11-27(12-4-1)28-20-22-30(23-21-28)39-42-38(29-13-5-2-6-14-29)43-40(44-39)33-16-9-15-31(25-33)36-26-32-17-10-24-41-37(32)35-19-8-7-18-34(35)36;1-3-10-27(11-4-1)28-18-20-30(21-19-28)39-42-38(29-12-5-2-6-13-29)43-40(44-39)33-16-9-15-31(24-33)32-22-23-36-35-17-8-7-14-34(35)26-41-37(36)25-32/h3*1-26H. The number of nitrogens with zero attached hydrogens (tertiary/aromatic N) is 12. The number of hydrogen-bond donors (Lipinski definition) is 0. The lowest BCUT2D eigenvalue weighted by atomic mass is 9.94. The lowest BCUT2D eigenvalue weighted by molar-refractivity contribution is 1.07. The zero-order valence-corrected chi connectivity index (χ0v) is 71.4. The lowest BCUT2D eigenvalue weighted by Gasteiger charge is -2.12. The molecule has 0 N–H and O–H groups in total. The molecule has 0 fully saturated rings. The van der Waals surface area contributed by atoms with Crippen molar-refractivity contribution in [2.75, 3.05) is 0 Å². The van der Waals surface area contributed by atoms with Crippen LogP contribution in [0.3, 0.4) is 0 Å². The molecule has 0 bridgehead atoms. The van der Waals surface area contributed by atoms with E-state index in [1.165, 1.54) is 22.1 Å². The molecular weight excluding hydrogens is 1610 g/mol. The van der Waals surface area contributed by atoms with Crippen LogP contribution in [-0.2, 0) is 0 Å². The van der Waals surface area contributed by atoms with Gasteiger partial charge >= 0.3 is 0 Å². The van der Waals surface area contributed by atoms with Gasteiger partial charge in [-0.05, 0) is 125 Å². The molecule has 18 aromatic carbocycles. The summed E-state index contributed by atoms with van der Waals surface area (Å²) < 4.78 is 0. The highest BCUT2D eigenvalue weighted by molar-refractivity contribution is 6.13. The summed E-state index contributed by atoms with van der Waals surface area (Å²) in [7, 11) is 0. The van der Waals surface area contributed by atoms with E-state index in [0.717, 1.165) is 160 Å². The maximum atomic E-state index is 5.02. The average Bonchev–Trinajstić information content (AvgIpc) is 0.763. The third kappa shape index (κ3) is 16.8. The number of rotatable bonds is 15. The molecule has 0 saturated heterocycles. The van der Waals surface area contributed by atoms with Crippen molar-refractivity contribution < 1.29 is 0 Å². The summed E-state index contributed by atoms with van der Waals surface area (Å²) in [5, 5.41) is 10.3. The largest absolute Gasteiger partial charge is 0.256 e. The summed E-state index contributed by atoms with van der Waals surface area (Å²) in [5.74, 6) is 5.75. The Balaban J connectivity index is 0.000000116. The van der Waals surface area contributed by atoms with Crippen molar-refractivity contribution in [1.29, 1.82) is 0 Å². The minimum Gasteiger partial charge on any atom is -0.256 e. The van der Waals surface area contributed by atoms with Gasteiger partial charge in [0, 0.05) is 101 Å². The van der Waals surface area contributed by atoms with Crippen molar-refractivity contribution in [2.24, 2.45) is 0 Å². The topological polar surface area (TPSA) is 155 Å². The molecule has 24 rings (SSSR count). The molecule has 24 aromatic rings. The second-order valence-electron chi connectivity index (χ2n) is 32.3. The molecule has 0 aliphatic carbocycles. The van der Waals surface area contributed by atoms with E-state index in [-0.39, 0.29) is 0 Å². The van der Waals surface area contributed by atoms with Crippen LogP contribution in [0.4, 0.5) is 0 Å². The first-order chi connectivity index (χ1) is 65.4. The Morgan fingerprint density at radius 1 is 0.129 bits per heavy atom. The van der Waals surface area contributed by atoms with E-state index in [4.69, 9.17) is 49.8 Å². The van der Waals surface area contributed by atoms with Gasteiger partial charge in [0.05, 0.1) is 16.6 Å². The van der Waals surface area contributed by atoms with E-state index < -0.39 is 0 Å². The Morgan fingerprint density at radius 3 is 0.848 bits per heavy atom. The first-order valence-electron chi connectivity index (χ1n) is 43.9. The highest BCUT2D eigenvalue weighted by Crippen LogP contribution is 2.41. The monoisotopic (exact) mass is 1690 g/mol. The lowest BCUT2D eigenvalue weighted by Crippen LogP contribution is -2.00. The fourth-order valence-electron chi connectivity index (χ4n) is 17.2. The minimum atomic E-state index is 0.632. The summed E-state index contributed by atoms with van der Waals surface area (Å²) in [4.78, 5) is 58.8. The number of pyridine rings is 3. The molecule has 0 atom stereocenters. The summed E-state index contributed by atoms with van der Waals surface area (Å²) >= 11 is 0. The molecule has 0 aliphatic rings. The van der Waals surface area contributed by atoms with Crippen molar-refractivity contribution in [3.63, 3.8) is 0 Å². The van der Waals surface area contributed by atoms with Gasteiger partial charge in [-0.25, -0.2) is 44.9 Å². The Hall–Kier alpha value is -18.0. The zero-order valence-electron chi connectivity index (χ0n) is 71.4. The summed E-state index contributed by atoms with van der Waals surface area (Å²) in [6.45, 7) is 0. The molecule has 132 heavy (non-hydrogen) atoms. The van der Waals surface area contributed by atoms with Crippen LogP contribution in [0.1, 0.15) is 0 Å². The van der Waals surface area contributed by atoms with Gasteiger partial charge < -0.3 is 0 Å². The van der Waals surface area contributed by atoms with Crippen molar-refractivity contribution in [3.05, 3.63) is 474 Å². The Bertz CT molecular complexity index is 8320. The molecule has 0 aliphatic heterocycles. The molecule has 0 radical (unpaired) electrons. The van der Waals surface area contributed by atoms with E-state index in [1.54, 1.807) is 0 Å². The van der Waals surface area contributed by atoms with E-state index in [9.17, 15) is 0 Å². The van der Waals surface area contributed by atoms with Gasteiger partial charge in [-0.2, -0.15) is 0 Å². The van der Waals surface area contributed by atoms with Crippen LogP contribution in [-0.4, -0.2) is 59.8 Å². The normalized spacial score (nSPS) is 11.2. The van der Waals surface area contributed by atoms with E-state index in [2.05, 4.69) is 338 Å². The molecule has 6 heterocycles. The molecule has 6 aromatic heterocycles. The van der Waals surface area contributed by atoms with Crippen molar-refractivity contribution in [3.8, 4) is 169 Å². The second-order valence-corrected chi connectivity index (χ2v) is 32.3. The van der Waals surface area contributed by atoms with E-state index in [1.807, 2.05) is 146 Å². The van der Waals surface area contributed by atoms with Crippen LogP contribution < -0.4 is 0 Å². The van der Waals surface area contributed by atoms with Gasteiger partial charge in [0.25, 0.3) is 0 Å². The van der Waals surface area contributed by atoms with Crippen molar-refractivity contribution in [2.45, 2.75) is 0 Å². The fraction of sp³-hybridized carbons (Fsp3) is 0. The first kappa shape index (κ1) is 79.9. The van der Waals surface area contributed by atoms with Crippen LogP contribution in [0.5, 0.6) is 0 Å². The number of benzene rings is 18. The first-order valence-corrected chi connectivity index (χ1v) is 43.9. The van der Waals surface area contributed by atoms with E-state index >= 15 is 0 Å². The molecule has 618 valence electrons. The smallest absolute Gasteiger partial charge is 0.164 e. The molecule has 0 unspecified atom stereocenters. The van der Waals surface area contributed by atoms with E-state index in [0.29, 0.717) is 52.4 Å². The molecule has 12 nitrogen and oxygen atoms in total. The van der Waals surface area contributed by atoms with Crippen LogP contribution >= 0.6 is 0 Å². The third-order valence-corrected chi connectivity index (χ3v) is 23.9. The Kier molecular flexibility index (Phi) is 21.9. The van der Waals surface area contributed by atoms with Crippen molar-refractivity contribution >= 4 is 65.0 Å². The second kappa shape index (κ2) is 36.2. The predicted molar refractivity (Wildman–Crippen MR) is 539 cm³/mol. The van der Waals surface area contributed by atoms with Gasteiger partial charge in [-0.15, -0.1) is 0 Å². The molecular formula is C120H78N12. The molecule has 0 amide bonds. The summed E-state index contributed by atoms with van der Waals surface area (Å²) in [5.41, 5.74) is 25.1. The van der Waals surface area contributed by atoms with Crippen molar-refractivity contribution in [1.82, 2.24) is 59.8 Å². The number of aromatic nitrogens is 12. The van der Waals surface area contributed by atoms with Crippen LogP contribution in [0, 0.1) is 0 Å². The van der Waals surface area contributed by atoms with Gasteiger partial charge in [-0.1, -0.05) is 413 Å². The third-order valence-electron chi connectivity index (χ3n) is 23.9. The predicted octanol–water partition coefficient (Wildman–Crippen LogP) is 29.7. The number of fused-ring (bicyclic) bond motifs is 9. The zero-order chi connectivity index (χ0) is 87.9. The fourth-order valence-corrected chi connectivity index (χ4v) is 17.2. The maximum absolute atomic E-state index is 5.02. The van der Waals surface area contributed by atoms with Crippen LogP contribution in [0.15, 0.2) is 474 Å². The van der Waals surface area contributed by atoms with Gasteiger partial charge in [0.2, 0.25) is 0 Å². The Labute approximate surface area is 762 Å². The Morgan fingerprint density at radius 2 is 0.402 bits per heavy atom. The average molecular weight is 1690 g/mol. The maximum Gasteiger partial charge on any atom is 0.164 e. The van der Waals surface area contributed by atoms with Gasteiger partial charge in [0.15, 0.2) is 52.4 Å². The summed E-state index contributed by atoms with van der Waals surface area (Å²) in [6, 6.07) is 156. The van der Waals surface area contributed by atoms with Gasteiger partial charge in [-0.3, -0.25) is 15.0 Å². The SMILES string of the molecule is c1ccc(-c2ccc(-c3nc(-c4ccccc4)nc(-c4cccc(-c5cc6cccnc6c6ccccc56)c4)n3)cc2)cc1.c1ccc(-c2ccc(-c3nc(-c4ccccc4)nc(-c4cccc(-c5ccc6c(c5)ncc5ccccc56)c4)n3)cc2)cc1.c1ccc(-c2ccc(-c3nc(-c4ccccc4)nc(-c4cccc(-c5cccc6c5ccc5cccnc56)c4)n3)cc2)cc1. The highest BCUT2D eigenvalue weighted by atomic mass is 15.1. The quantitative estimate of drug-likeness (QED) is 0.0897. The highest BCUT2D eigenvalue weighted by Gasteiger charge is 2.21. The molecule has 0 saturated carbocycles. The van der Waals surface area contributed by atoms with Crippen LogP contribution in [0.2, 0.25) is 0 Å².